The number of nitrogens with one attached hydrogen (secondary N) is 1. The van der Waals surface area contributed by atoms with Gasteiger partial charge in [-0.2, -0.15) is 0 Å². The van der Waals surface area contributed by atoms with Crippen LogP contribution in [0.1, 0.15) is 25.7 Å². The molecule has 4 atom stereocenters. The fraction of sp³-hybridized carbons (Fsp3) is 0.917. The third-order valence-electron chi connectivity index (χ3n) is 4.72. The maximum Gasteiger partial charge on any atom is 0.223 e. The molecule has 0 aliphatic heterocycles. The number of hydrogen-bond donors (Lipinski definition) is 2. The van der Waals surface area contributed by atoms with Crippen LogP contribution in [0.5, 0.6) is 0 Å². The minimum atomic E-state index is 0.315. The zero-order chi connectivity index (χ0) is 10.4. The van der Waals surface area contributed by atoms with Crippen LogP contribution < -0.4 is 11.1 Å². The van der Waals surface area contributed by atoms with Crippen molar-refractivity contribution in [2.24, 2.45) is 35.3 Å². The van der Waals surface area contributed by atoms with Gasteiger partial charge in [0.25, 0.3) is 0 Å². The SMILES string of the molecule is NCCCNC(=O)C1C2C3CCC(C3)C12. The molecule has 3 fully saturated rings. The molecule has 0 heterocycles. The van der Waals surface area contributed by atoms with Crippen LogP contribution in [-0.2, 0) is 4.79 Å². The second-order valence-corrected chi connectivity index (χ2v) is 5.45. The van der Waals surface area contributed by atoms with E-state index in [-0.39, 0.29) is 0 Å². The highest BCUT2D eigenvalue weighted by atomic mass is 16.2. The molecule has 3 aliphatic rings. The molecule has 0 aromatic rings. The maximum atomic E-state index is 11.9. The van der Waals surface area contributed by atoms with Gasteiger partial charge in [0, 0.05) is 12.5 Å². The first-order valence-electron chi connectivity index (χ1n) is 6.30. The summed E-state index contributed by atoms with van der Waals surface area (Å²) in [6.45, 7) is 1.43. The monoisotopic (exact) mass is 208 g/mol. The van der Waals surface area contributed by atoms with Gasteiger partial charge in [-0.3, -0.25) is 4.79 Å². The zero-order valence-electron chi connectivity index (χ0n) is 9.11. The topological polar surface area (TPSA) is 55.1 Å². The molecule has 15 heavy (non-hydrogen) atoms. The molecule has 3 rings (SSSR count). The molecule has 0 radical (unpaired) electrons. The van der Waals surface area contributed by atoms with Gasteiger partial charge in [-0.25, -0.2) is 0 Å². The molecule has 3 saturated carbocycles. The number of carbonyl (C=O) groups excluding carboxylic acids is 1. The number of hydrogen-bond acceptors (Lipinski definition) is 2. The predicted octanol–water partition coefficient (Wildman–Crippen LogP) is 0.743. The van der Waals surface area contributed by atoms with E-state index in [0.29, 0.717) is 18.4 Å². The first-order valence-corrected chi connectivity index (χ1v) is 6.30. The Morgan fingerprint density at radius 2 is 1.93 bits per heavy atom. The van der Waals surface area contributed by atoms with Crippen LogP contribution in [0.3, 0.4) is 0 Å². The van der Waals surface area contributed by atoms with Gasteiger partial charge in [-0.1, -0.05) is 0 Å². The normalized spacial score (nSPS) is 45.3. The summed E-state index contributed by atoms with van der Waals surface area (Å²) >= 11 is 0. The molecule has 0 saturated heterocycles. The lowest BCUT2D eigenvalue weighted by Gasteiger charge is -2.08. The van der Waals surface area contributed by atoms with Crippen molar-refractivity contribution in [1.29, 1.82) is 0 Å². The van der Waals surface area contributed by atoms with Gasteiger partial charge >= 0.3 is 0 Å². The molecular formula is C12H20N2O. The van der Waals surface area contributed by atoms with E-state index in [1.807, 2.05) is 0 Å². The third kappa shape index (κ3) is 1.40. The summed E-state index contributed by atoms with van der Waals surface area (Å²) in [5.41, 5.74) is 5.40. The molecular weight excluding hydrogens is 188 g/mol. The van der Waals surface area contributed by atoms with Gasteiger partial charge in [0.05, 0.1) is 0 Å². The van der Waals surface area contributed by atoms with Crippen LogP contribution in [0, 0.1) is 29.6 Å². The van der Waals surface area contributed by atoms with E-state index in [2.05, 4.69) is 5.32 Å². The van der Waals surface area contributed by atoms with Crippen LogP contribution in [-0.4, -0.2) is 19.0 Å². The van der Waals surface area contributed by atoms with Gasteiger partial charge in [0.1, 0.15) is 0 Å². The smallest absolute Gasteiger partial charge is 0.223 e. The molecule has 4 unspecified atom stereocenters. The largest absolute Gasteiger partial charge is 0.356 e. The fourth-order valence-corrected chi connectivity index (χ4v) is 4.11. The maximum absolute atomic E-state index is 11.9. The first kappa shape index (κ1) is 9.64. The molecule has 3 nitrogen and oxygen atoms in total. The molecule has 0 spiro atoms. The summed E-state index contributed by atoms with van der Waals surface area (Å²) in [6.07, 6.45) is 5.10. The lowest BCUT2D eigenvalue weighted by Crippen LogP contribution is -2.29. The van der Waals surface area contributed by atoms with E-state index in [9.17, 15) is 4.79 Å². The molecule has 3 N–H and O–H groups in total. The lowest BCUT2D eigenvalue weighted by atomic mass is 10.0. The lowest BCUT2D eigenvalue weighted by molar-refractivity contribution is -0.123. The Labute approximate surface area is 90.8 Å². The molecule has 3 aliphatic carbocycles. The van der Waals surface area contributed by atoms with Gasteiger partial charge in [-0.15, -0.1) is 0 Å². The summed E-state index contributed by atoms with van der Waals surface area (Å²) in [4.78, 5) is 11.9. The summed E-state index contributed by atoms with van der Waals surface area (Å²) in [5, 5.41) is 3.02. The van der Waals surface area contributed by atoms with Gasteiger partial charge in [0.2, 0.25) is 5.91 Å². The summed E-state index contributed by atoms with van der Waals surface area (Å²) < 4.78 is 0. The Morgan fingerprint density at radius 1 is 1.27 bits per heavy atom. The van der Waals surface area contributed by atoms with Crippen molar-refractivity contribution in [3.05, 3.63) is 0 Å². The van der Waals surface area contributed by atoms with Crippen LogP contribution >= 0.6 is 0 Å². The first-order chi connectivity index (χ1) is 7.33. The van der Waals surface area contributed by atoms with E-state index >= 15 is 0 Å². The van der Waals surface area contributed by atoms with Crippen LogP contribution in [0.25, 0.3) is 0 Å². The van der Waals surface area contributed by atoms with E-state index in [1.54, 1.807) is 0 Å². The number of nitrogens with two attached hydrogens (primary N) is 1. The molecule has 0 aromatic carbocycles. The van der Waals surface area contributed by atoms with Crippen LogP contribution in [0.4, 0.5) is 0 Å². The minimum absolute atomic E-state index is 0.315. The summed E-state index contributed by atoms with van der Waals surface area (Å²) in [6, 6.07) is 0. The molecule has 0 aromatic heterocycles. The van der Waals surface area contributed by atoms with Crippen molar-refractivity contribution in [3.8, 4) is 0 Å². The molecule has 1 amide bonds. The molecule has 84 valence electrons. The van der Waals surface area contributed by atoms with Gasteiger partial charge in [0.15, 0.2) is 0 Å². The molecule has 2 bridgehead atoms. The van der Waals surface area contributed by atoms with Crippen molar-refractivity contribution in [3.63, 3.8) is 0 Å². The minimum Gasteiger partial charge on any atom is -0.356 e. The Bertz CT molecular complexity index is 263. The quantitative estimate of drug-likeness (QED) is 0.670. The number of carbonyl (C=O) groups is 1. The Kier molecular flexibility index (Phi) is 2.23. The Hall–Kier alpha value is -0.570. The van der Waals surface area contributed by atoms with Crippen molar-refractivity contribution in [1.82, 2.24) is 5.32 Å². The van der Waals surface area contributed by atoms with E-state index in [0.717, 1.165) is 36.6 Å². The average molecular weight is 208 g/mol. The van der Waals surface area contributed by atoms with Crippen molar-refractivity contribution in [2.45, 2.75) is 25.7 Å². The second kappa shape index (κ2) is 3.48. The van der Waals surface area contributed by atoms with Crippen LogP contribution in [0.2, 0.25) is 0 Å². The number of amides is 1. The van der Waals surface area contributed by atoms with Crippen molar-refractivity contribution < 1.29 is 4.79 Å². The number of fused-ring (bicyclic) bond motifs is 5. The van der Waals surface area contributed by atoms with Gasteiger partial charge in [-0.05, 0) is 55.9 Å². The zero-order valence-corrected chi connectivity index (χ0v) is 9.11. The Morgan fingerprint density at radius 3 is 2.53 bits per heavy atom. The summed E-state index contributed by atoms with van der Waals surface area (Å²) in [5.74, 6) is 4.02. The Balaban J connectivity index is 1.52. The number of rotatable bonds is 4. The third-order valence-corrected chi connectivity index (χ3v) is 4.72. The predicted molar refractivity (Wildman–Crippen MR) is 58.0 cm³/mol. The standard InChI is InChI=1S/C12H20N2O/c13-4-1-5-14-12(15)11-9-7-2-3-8(6-7)10(9)11/h7-11H,1-6,13H2,(H,14,15). The van der Waals surface area contributed by atoms with Crippen molar-refractivity contribution in [2.75, 3.05) is 13.1 Å². The fourth-order valence-electron chi connectivity index (χ4n) is 4.11. The highest BCUT2D eigenvalue weighted by molar-refractivity contribution is 5.82. The molecule has 3 heteroatoms. The average Bonchev–Trinajstić information content (AvgIpc) is 2.68. The second-order valence-electron chi connectivity index (χ2n) is 5.45. The highest BCUT2D eigenvalue weighted by Crippen LogP contribution is 2.69. The summed E-state index contributed by atoms with van der Waals surface area (Å²) in [7, 11) is 0. The van der Waals surface area contributed by atoms with E-state index in [1.165, 1.54) is 19.3 Å². The highest BCUT2D eigenvalue weighted by Gasteiger charge is 2.67. The van der Waals surface area contributed by atoms with E-state index < -0.39 is 0 Å². The van der Waals surface area contributed by atoms with Crippen LogP contribution in [0.15, 0.2) is 0 Å². The van der Waals surface area contributed by atoms with Gasteiger partial charge < -0.3 is 11.1 Å². The van der Waals surface area contributed by atoms with E-state index in [4.69, 9.17) is 5.73 Å². The van der Waals surface area contributed by atoms with Crippen molar-refractivity contribution >= 4 is 5.91 Å².